The molecule has 2 aromatic rings. The largest absolute Gasteiger partial charge is 0.486 e. The van der Waals surface area contributed by atoms with E-state index in [0.717, 1.165) is 11.3 Å². The molecule has 0 saturated carbocycles. The van der Waals surface area contributed by atoms with Crippen molar-refractivity contribution in [1.82, 2.24) is 0 Å². The van der Waals surface area contributed by atoms with Crippen LogP contribution in [0.4, 0.5) is 11.4 Å². The van der Waals surface area contributed by atoms with Crippen LogP contribution in [0.5, 0.6) is 11.5 Å². The second-order valence-corrected chi connectivity index (χ2v) is 4.58. The third-order valence-electron chi connectivity index (χ3n) is 3.03. The molecule has 0 aliphatic carbocycles. The van der Waals surface area contributed by atoms with Gasteiger partial charge >= 0.3 is 0 Å². The highest BCUT2D eigenvalue weighted by Crippen LogP contribution is 2.30. The topological polar surface area (TPSA) is 86.0 Å². The average molecular weight is 299 g/mol. The lowest BCUT2D eigenvalue weighted by Crippen LogP contribution is -2.15. The van der Waals surface area contributed by atoms with Gasteiger partial charge in [0.25, 0.3) is 5.69 Å². The van der Waals surface area contributed by atoms with E-state index in [2.05, 4.69) is 10.5 Å². The molecule has 1 N–H and O–H groups in total. The number of hydrazone groups is 1. The zero-order chi connectivity index (χ0) is 15.4. The zero-order valence-corrected chi connectivity index (χ0v) is 11.6. The molecule has 3 rings (SSSR count). The number of anilines is 1. The van der Waals surface area contributed by atoms with Gasteiger partial charge in [-0.05, 0) is 29.8 Å². The maximum absolute atomic E-state index is 10.7. The van der Waals surface area contributed by atoms with E-state index in [1.165, 1.54) is 12.1 Å². The van der Waals surface area contributed by atoms with Crippen molar-refractivity contribution in [2.75, 3.05) is 18.6 Å². The summed E-state index contributed by atoms with van der Waals surface area (Å²) in [6.07, 6.45) is 1.61. The summed E-state index contributed by atoms with van der Waals surface area (Å²) < 4.78 is 10.9. The normalized spacial score (nSPS) is 13.1. The summed E-state index contributed by atoms with van der Waals surface area (Å²) in [5.41, 5.74) is 4.15. The Kier molecular flexibility index (Phi) is 3.86. The number of ether oxygens (including phenoxy) is 2. The number of hydrogen-bond donors (Lipinski definition) is 1. The van der Waals surface area contributed by atoms with Crippen LogP contribution in [0.25, 0.3) is 0 Å². The molecule has 0 unspecified atom stereocenters. The minimum Gasteiger partial charge on any atom is -0.486 e. The van der Waals surface area contributed by atoms with Gasteiger partial charge in [-0.15, -0.1) is 0 Å². The molecular weight excluding hydrogens is 286 g/mol. The quantitative estimate of drug-likeness (QED) is 0.533. The van der Waals surface area contributed by atoms with Gasteiger partial charge in [0, 0.05) is 12.1 Å². The summed E-state index contributed by atoms with van der Waals surface area (Å²) >= 11 is 0. The molecule has 0 fully saturated rings. The summed E-state index contributed by atoms with van der Waals surface area (Å²) in [7, 11) is 0. The molecule has 7 nitrogen and oxygen atoms in total. The van der Waals surface area contributed by atoms with E-state index < -0.39 is 4.92 Å². The van der Waals surface area contributed by atoms with E-state index in [9.17, 15) is 10.1 Å². The van der Waals surface area contributed by atoms with Crippen molar-refractivity contribution in [3.63, 3.8) is 0 Å². The Morgan fingerprint density at radius 3 is 2.77 bits per heavy atom. The van der Waals surface area contributed by atoms with Crippen molar-refractivity contribution in [2.24, 2.45) is 5.10 Å². The predicted molar refractivity (Wildman–Crippen MR) is 81.7 cm³/mol. The lowest BCUT2D eigenvalue weighted by molar-refractivity contribution is -0.384. The molecular formula is C15H13N3O4. The number of benzene rings is 2. The van der Waals surface area contributed by atoms with Gasteiger partial charge in [0.15, 0.2) is 11.5 Å². The van der Waals surface area contributed by atoms with Gasteiger partial charge in [-0.25, -0.2) is 0 Å². The number of non-ortho nitro benzene ring substituents is 1. The summed E-state index contributed by atoms with van der Waals surface area (Å²) in [6, 6.07) is 11.6. The summed E-state index contributed by atoms with van der Waals surface area (Å²) in [5, 5.41) is 14.8. The van der Waals surface area contributed by atoms with Crippen LogP contribution in [0, 0.1) is 10.1 Å². The number of hydrogen-bond acceptors (Lipinski definition) is 6. The molecule has 0 atom stereocenters. The Morgan fingerprint density at radius 2 is 1.95 bits per heavy atom. The molecule has 0 spiro atoms. The van der Waals surface area contributed by atoms with E-state index in [-0.39, 0.29) is 5.69 Å². The summed E-state index contributed by atoms with van der Waals surface area (Å²) in [5.74, 6) is 1.40. The first-order valence-electron chi connectivity index (χ1n) is 6.65. The highest BCUT2D eigenvalue weighted by Gasteiger charge is 2.10. The third kappa shape index (κ3) is 3.14. The molecule has 0 saturated heterocycles. The molecule has 1 aliphatic heterocycles. The van der Waals surface area contributed by atoms with Crippen molar-refractivity contribution >= 4 is 17.6 Å². The summed E-state index contributed by atoms with van der Waals surface area (Å²) in [6.45, 7) is 1.08. The molecule has 2 aromatic carbocycles. The Balaban J connectivity index is 1.69. The standard InChI is InChI=1S/C15H13N3O4/c19-18(20)13-3-1-2-12(9-13)17-16-10-11-4-5-14-15(8-11)22-7-6-21-14/h1-5,8-10,17H,6-7H2. The van der Waals surface area contributed by atoms with Crippen molar-refractivity contribution in [3.8, 4) is 11.5 Å². The predicted octanol–water partition coefficient (Wildman–Crippen LogP) is 2.81. The Hall–Kier alpha value is -3.09. The molecule has 112 valence electrons. The number of nitro benzene ring substituents is 1. The Bertz CT molecular complexity index is 730. The second kappa shape index (κ2) is 6.13. The van der Waals surface area contributed by atoms with Crippen LogP contribution < -0.4 is 14.9 Å². The maximum Gasteiger partial charge on any atom is 0.271 e. The SMILES string of the molecule is O=[N+]([O-])c1cccc(NN=Cc2ccc3c(c2)OCCO3)c1. The van der Waals surface area contributed by atoms with Gasteiger partial charge in [-0.1, -0.05) is 6.07 Å². The lowest BCUT2D eigenvalue weighted by atomic mass is 10.2. The number of fused-ring (bicyclic) bond motifs is 1. The van der Waals surface area contributed by atoms with Crippen LogP contribution in [0.2, 0.25) is 0 Å². The molecule has 0 aromatic heterocycles. The second-order valence-electron chi connectivity index (χ2n) is 4.58. The average Bonchev–Trinajstić information content (AvgIpc) is 2.55. The van der Waals surface area contributed by atoms with Crippen LogP contribution >= 0.6 is 0 Å². The smallest absolute Gasteiger partial charge is 0.271 e. The first-order chi connectivity index (χ1) is 10.7. The van der Waals surface area contributed by atoms with Crippen LogP contribution in [-0.2, 0) is 0 Å². The summed E-state index contributed by atoms with van der Waals surface area (Å²) in [4.78, 5) is 10.2. The van der Waals surface area contributed by atoms with E-state index in [0.29, 0.717) is 24.7 Å². The Morgan fingerprint density at radius 1 is 1.14 bits per heavy atom. The number of nitrogens with one attached hydrogen (secondary N) is 1. The van der Waals surface area contributed by atoms with E-state index in [1.54, 1.807) is 18.3 Å². The first kappa shape index (κ1) is 13.9. The fourth-order valence-corrected chi connectivity index (χ4v) is 2.01. The molecule has 1 heterocycles. The van der Waals surface area contributed by atoms with Gasteiger partial charge in [-0.3, -0.25) is 15.5 Å². The minimum atomic E-state index is -0.449. The molecule has 0 radical (unpaired) electrons. The third-order valence-corrected chi connectivity index (χ3v) is 3.03. The first-order valence-corrected chi connectivity index (χ1v) is 6.65. The number of nitro groups is 1. The Labute approximate surface area is 126 Å². The van der Waals surface area contributed by atoms with Crippen LogP contribution in [0.3, 0.4) is 0 Å². The van der Waals surface area contributed by atoms with Gasteiger partial charge in [0.1, 0.15) is 13.2 Å². The monoisotopic (exact) mass is 299 g/mol. The van der Waals surface area contributed by atoms with E-state index >= 15 is 0 Å². The fourth-order valence-electron chi connectivity index (χ4n) is 2.01. The van der Waals surface area contributed by atoms with Crippen molar-refractivity contribution in [1.29, 1.82) is 0 Å². The van der Waals surface area contributed by atoms with Crippen molar-refractivity contribution < 1.29 is 14.4 Å². The van der Waals surface area contributed by atoms with Gasteiger partial charge < -0.3 is 9.47 Å². The minimum absolute atomic E-state index is 0.0135. The fraction of sp³-hybridized carbons (Fsp3) is 0.133. The van der Waals surface area contributed by atoms with Gasteiger partial charge in [0.05, 0.1) is 16.8 Å². The molecule has 7 heteroatoms. The van der Waals surface area contributed by atoms with Crippen LogP contribution in [0.1, 0.15) is 5.56 Å². The highest BCUT2D eigenvalue weighted by atomic mass is 16.6. The molecule has 1 aliphatic rings. The molecule has 0 bridgehead atoms. The zero-order valence-electron chi connectivity index (χ0n) is 11.6. The van der Waals surface area contributed by atoms with Crippen LogP contribution in [-0.4, -0.2) is 24.4 Å². The van der Waals surface area contributed by atoms with E-state index in [4.69, 9.17) is 9.47 Å². The van der Waals surface area contributed by atoms with E-state index in [1.807, 2.05) is 18.2 Å². The maximum atomic E-state index is 10.7. The van der Waals surface area contributed by atoms with Crippen LogP contribution in [0.15, 0.2) is 47.6 Å². The lowest BCUT2D eigenvalue weighted by Gasteiger charge is -2.18. The number of nitrogens with zero attached hydrogens (tertiary/aromatic N) is 2. The molecule has 22 heavy (non-hydrogen) atoms. The molecule has 0 amide bonds. The van der Waals surface area contributed by atoms with Gasteiger partial charge in [-0.2, -0.15) is 5.10 Å². The number of rotatable bonds is 4. The van der Waals surface area contributed by atoms with Gasteiger partial charge in [0.2, 0.25) is 0 Å². The highest BCUT2D eigenvalue weighted by molar-refractivity contribution is 5.81. The van der Waals surface area contributed by atoms with Crippen molar-refractivity contribution in [3.05, 3.63) is 58.1 Å². The van der Waals surface area contributed by atoms with Crippen molar-refractivity contribution in [2.45, 2.75) is 0 Å².